The molecular weight excluding hydrogens is 428 g/mol. The molecular formula is C20H18N2O4S3. The average Bonchev–Trinajstić information content (AvgIpc) is 3.48. The van der Waals surface area contributed by atoms with E-state index in [9.17, 15) is 9.59 Å². The number of rotatable bonds is 4. The smallest absolute Gasteiger partial charge is 0.338 e. The lowest BCUT2D eigenvalue weighted by Crippen LogP contribution is -2.36. The van der Waals surface area contributed by atoms with Gasteiger partial charge in [-0.15, -0.1) is 22.7 Å². The van der Waals surface area contributed by atoms with Crippen molar-refractivity contribution in [3.8, 4) is 0 Å². The third-order valence-electron chi connectivity index (χ3n) is 4.65. The van der Waals surface area contributed by atoms with Crippen molar-refractivity contribution < 1.29 is 19.1 Å². The number of methoxy groups -OCH3 is 2. The molecule has 2 aromatic rings. The molecule has 2 aromatic heterocycles. The molecule has 0 aromatic carbocycles. The van der Waals surface area contributed by atoms with Crippen LogP contribution in [0.2, 0.25) is 0 Å². The third-order valence-corrected chi connectivity index (χ3v) is 7.55. The summed E-state index contributed by atoms with van der Waals surface area (Å²) in [4.78, 5) is 30.3. The molecule has 4 rings (SSSR count). The monoisotopic (exact) mass is 446 g/mol. The highest BCUT2D eigenvalue weighted by Gasteiger charge is 2.45. The van der Waals surface area contributed by atoms with Gasteiger partial charge in [0.15, 0.2) is 0 Å². The first-order valence-corrected chi connectivity index (χ1v) is 11.3. The Balaban J connectivity index is 1.89. The first-order chi connectivity index (χ1) is 14.0. The van der Waals surface area contributed by atoms with E-state index < -0.39 is 17.9 Å². The first-order valence-electron chi connectivity index (χ1n) is 8.68. The zero-order valence-corrected chi connectivity index (χ0v) is 18.2. The van der Waals surface area contributed by atoms with Gasteiger partial charge in [0.25, 0.3) is 0 Å². The zero-order chi connectivity index (χ0) is 20.5. The van der Waals surface area contributed by atoms with E-state index in [0.29, 0.717) is 23.0 Å². The van der Waals surface area contributed by atoms with E-state index in [1.54, 1.807) is 16.2 Å². The van der Waals surface area contributed by atoms with Crippen LogP contribution in [-0.2, 0) is 19.1 Å². The number of fused-ring (bicyclic) bond motifs is 1. The second kappa shape index (κ2) is 8.10. The largest absolute Gasteiger partial charge is 0.466 e. The van der Waals surface area contributed by atoms with Crippen LogP contribution in [0.25, 0.3) is 6.08 Å². The fourth-order valence-electron chi connectivity index (χ4n) is 3.39. The Hall–Kier alpha value is -2.49. The summed E-state index contributed by atoms with van der Waals surface area (Å²) in [5, 5.41) is 4.61. The van der Waals surface area contributed by atoms with Gasteiger partial charge in [-0.25, -0.2) is 9.59 Å². The summed E-state index contributed by atoms with van der Waals surface area (Å²) in [6.07, 6.45) is 2.07. The molecule has 4 heterocycles. The van der Waals surface area contributed by atoms with Gasteiger partial charge >= 0.3 is 11.9 Å². The number of thioether (sulfide) groups is 1. The Bertz CT molecular complexity index is 1040. The van der Waals surface area contributed by atoms with Crippen LogP contribution in [0.4, 0.5) is 0 Å². The number of hydrogen-bond acceptors (Lipinski definition) is 9. The van der Waals surface area contributed by atoms with Crippen LogP contribution in [0.5, 0.6) is 0 Å². The Morgan fingerprint density at radius 2 is 1.79 bits per heavy atom. The van der Waals surface area contributed by atoms with Crippen LogP contribution >= 0.6 is 34.4 Å². The highest BCUT2D eigenvalue weighted by Crippen LogP contribution is 2.51. The molecule has 0 amide bonds. The molecule has 0 radical (unpaired) electrons. The van der Waals surface area contributed by atoms with Crippen LogP contribution in [0.3, 0.4) is 0 Å². The number of carbonyl (C=O) groups excluding carboxylic acids is 2. The quantitative estimate of drug-likeness (QED) is 0.717. The molecule has 6 nitrogen and oxygen atoms in total. The molecule has 2 N–H and O–H groups in total. The summed E-state index contributed by atoms with van der Waals surface area (Å²) in [6.45, 7) is 0.474. The molecule has 29 heavy (non-hydrogen) atoms. The van der Waals surface area contributed by atoms with Gasteiger partial charge in [0.2, 0.25) is 0 Å². The lowest BCUT2D eigenvalue weighted by molar-refractivity contribution is -0.137. The van der Waals surface area contributed by atoms with E-state index in [4.69, 9.17) is 15.2 Å². The van der Waals surface area contributed by atoms with Gasteiger partial charge in [-0.1, -0.05) is 23.9 Å². The van der Waals surface area contributed by atoms with Crippen LogP contribution in [0.15, 0.2) is 61.9 Å². The van der Waals surface area contributed by atoms with E-state index in [1.807, 2.05) is 35.0 Å². The maximum absolute atomic E-state index is 12.9. The molecule has 1 fully saturated rings. The Kier molecular flexibility index (Phi) is 5.53. The second-order valence-electron chi connectivity index (χ2n) is 6.26. The number of hydrogen-bond donors (Lipinski definition) is 1. The predicted molar refractivity (Wildman–Crippen MR) is 116 cm³/mol. The molecule has 2 aliphatic heterocycles. The van der Waals surface area contributed by atoms with E-state index in [2.05, 4.69) is 6.08 Å². The van der Waals surface area contributed by atoms with Crippen LogP contribution in [-0.4, -0.2) is 37.6 Å². The summed E-state index contributed by atoms with van der Waals surface area (Å²) in [5.41, 5.74) is 7.13. The molecule has 0 saturated carbocycles. The fraction of sp³-hybridized carbons (Fsp3) is 0.200. The predicted octanol–water partition coefficient (Wildman–Crippen LogP) is 3.72. The van der Waals surface area contributed by atoms with Gasteiger partial charge in [-0.3, -0.25) is 0 Å². The standard InChI is InChI=1S/C20H18N2O4S3/c1-25-19(23)15-14(13-6-4-8-28-13)16(20(24)26-2)18-22(17(15)21)10-12(29-18)9-11-5-3-7-27-11/h3-9,14H,10,21H2,1-2H3/b12-9+/t14-/m0/s1. The number of thiophene rings is 2. The molecule has 0 bridgehead atoms. The zero-order valence-electron chi connectivity index (χ0n) is 15.7. The SMILES string of the molecule is COC(=O)C1=C(N)N2C/C(=C\c3cccs3)SC2=C(C(=O)OC)[C@H]1c1cccs1. The minimum absolute atomic E-state index is 0.261. The van der Waals surface area contributed by atoms with Crippen LogP contribution < -0.4 is 5.73 Å². The van der Waals surface area contributed by atoms with Crippen molar-refractivity contribution in [2.75, 3.05) is 20.8 Å². The third kappa shape index (κ3) is 3.50. The summed E-state index contributed by atoms with van der Waals surface area (Å²) in [5.74, 6) is -1.36. The van der Waals surface area contributed by atoms with Gasteiger partial charge in [-0.2, -0.15) is 0 Å². The van der Waals surface area contributed by atoms with E-state index >= 15 is 0 Å². The topological polar surface area (TPSA) is 81.9 Å². The lowest BCUT2D eigenvalue weighted by atomic mass is 9.87. The maximum atomic E-state index is 12.9. The number of esters is 2. The number of carbonyl (C=O) groups is 2. The lowest BCUT2D eigenvalue weighted by Gasteiger charge is -2.33. The van der Waals surface area contributed by atoms with E-state index in [0.717, 1.165) is 14.7 Å². The van der Waals surface area contributed by atoms with Crippen molar-refractivity contribution >= 4 is 52.5 Å². The molecule has 9 heteroatoms. The van der Waals surface area contributed by atoms with Crippen molar-refractivity contribution in [2.45, 2.75) is 5.92 Å². The molecule has 1 atom stereocenters. The van der Waals surface area contributed by atoms with Gasteiger partial charge in [-0.05, 0) is 29.0 Å². The highest BCUT2D eigenvalue weighted by atomic mass is 32.2. The summed E-state index contributed by atoms with van der Waals surface area (Å²) in [7, 11) is 2.65. The van der Waals surface area contributed by atoms with Crippen molar-refractivity contribution in [1.29, 1.82) is 0 Å². The molecule has 0 unspecified atom stereocenters. The van der Waals surface area contributed by atoms with E-state index in [1.165, 1.54) is 37.3 Å². The van der Waals surface area contributed by atoms with Crippen LogP contribution in [0, 0.1) is 0 Å². The molecule has 0 spiro atoms. The normalized spacial score (nSPS) is 20.3. The van der Waals surface area contributed by atoms with Gasteiger partial charge < -0.3 is 20.1 Å². The highest BCUT2D eigenvalue weighted by molar-refractivity contribution is 8.07. The fourth-order valence-corrected chi connectivity index (χ4v) is 6.20. The average molecular weight is 447 g/mol. The summed E-state index contributed by atoms with van der Waals surface area (Å²) >= 11 is 4.57. The van der Waals surface area contributed by atoms with Crippen molar-refractivity contribution in [2.24, 2.45) is 5.73 Å². The molecule has 0 aliphatic carbocycles. The summed E-state index contributed by atoms with van der Waals surface area (Å²) in [6, 6.07) is 7.77. The van der Waals surface area contributed by atoms with Crippen LogP contribution in [0.1, 0.15) is 15.7 Å². The summed E-state index contributed by atoms with van der Waals surface area (Å²) < 4.78 is 10.1. The Morgan fingerprint density at radius 1 is 1.10 bits per heavy atom. The van der Waals surface area contributed by atoms with Crippen molar-refractivity contribution in [3.05, 3.63) is 71.7 Å². The molecule has 2 aliphatic rings. The minimum atomic E-state index is -0.630. The minimum Gasteiger partial charge on any atom is -0.466 e. The molecule has 1 saturated heterocycles. The van der Waals surface area contributed by atoms with Gasteiger partial charge in [0.05, 0.1) is 42.9 Å². The number of ether oxygens (including phenoxy) is 2. The number of nitrogens with zero attached hydrogens (tertiary/aromatic N) is 1. The Labute approximate surface area is 180 Å². The Morgan fingerprint density at radius 3 is 2.41 bits per heavy atom. The first kappa shape index (κ1) is 19.8. The molecule has 150 valence electrons. The van der Waals surface area contributed by atoms with Crippen molar-refractivity contribution in [1.82, 2.24) is 4.90 Å². The number of nitrogens with two attached hydrogens (primary N) is 1. The second-order valence-corrected chi connectivity index (χ2v) is 9.34. The van der Waals surface area contributed by atoms with Crippen molar-refractivity contribution in [3.63, 3.8) is 0 Å². The van der Waals surface area contributed by atoms with Gasteiger partial charge in [0.1, 0.15) is 5.82 Å². The maximum Gasteiger partial charge on any atom is 0.338 e. The van der Waals surface area contributed by atoms with E-state index in [-0.39, 0.29) is 5.57 Å². The van der Waals surface area contributed by atoms with Gasteiger partial charge in [0, 0.05) is 14.7 Å².